The zero-order chi connectivity index (χ0) is 12.4. The monoisotopic (exact) mass is 292 g/mol. The van der Waals surface area contributed by atoms with Crippen LogP contribution in [0, 0.1) is 13.8 Å². The maximum Gasteiger partial charge on any atom is 0.0752 e. The maximum atomic E-state index is 8.61. The number of benzene rings is 1. The molecule has 4 heteroatoms. The highest BCUT2D eigenvalue weighted by Gasteiger charge is 2.09. The molecular formula is C13H13BrN2O. The van der Waals surface area contributed by atoms with Gasteiger partial charge in [-0.3, -0.25) is 0 Å². The minimum Gasteiger partial charge on any atom is -0.411 e. The fourth-order valence-corrected chi connectivity index (χ4v) is 2.23. The molecule has 0 unspecified atom stereocenters. The van der Waals surface area contributed by atoms with Crippen molar-refractivity contribution in [2.45, 2.75) is 13.8 Å². The molecule has 0 aliphatic heterocycles. The van der Waals surface area contributed by atoms with Crippen molar-refractivity contribution < 1.29 is 5.21 Å². The number of rotatable bonds is 2. The second-order valence-corrected chi connectivity index (χ2v) is 4.80. The molecule has 1 heterocycles. The van der Waals surface area contributed by atoms with Crippen LogP contribution in [0.5, 0.6) is 0 Å². The molecule has 0 aliphatic rings. The van der Waals surface area contributed by atoms with Crippen molar-refractivity contribution in [3.63, 3.8) is 0 Å². The highest BCUT2D eigenvalue weighted by atomic mass is 79.9. The van der Waals surface area contributed by atoms with E-state index < -0.39 is 0 Å². The van der Waals surface area contributed by atoms with E-state index in [0.29, 0.717) is 0 Å². The van der Waals surface area contributed by atoms with E-state index in [1.165, 1.54) is 6.21 Å². The summed E-state index contributed by atoms with van der Waals surface area (Å²) in [5, 5.41) is 11.7. The van der Waals surface area contributed by atoms with Crippen molar-refractivity contribution in [3.8, 4) is 5.69 Å². The first-order chi connectivity index (χ1) is 8.13. The van der Waals surface area contributed by atoms with Crippen LogP contribution < -0.4 is 0 Å². The molecule has 88 valence electrons. The molecule has 1 aromatic carbocycles. The van der Waals surface area contributed by atoms with Gasteiger partial charge in [0.2, 0.25) is 0 Å². The number of halogens is 1. The van der Waals surface area contributed by atoms with Crippen LogP contribution in [0.4, 0.5) is 0 Å². The predicted molar refractivity (Wildman–Crippen MR) is 72.3 cm³/mol. The van der Waals surface area contributed by atoms with Crippen molar-refractivity contribution in [1.29, 1.82) is 0 Å². The SMILES string of the molecule is Cc1cc(/C=N/O)c(C)n1-c1ccc(Br)cc1. The molecule has 0 radical (unpaired) electrons. The van der Waals surface area contributed by atoms with E-state index >= 15 is 0 Å². The van der Waals surface area contributed by atoms with E-state index in [2.05, 4.69) is 25.7 Å². The summed E-state index contributed by atoms with van der Waals surface area (Å²) in [6, 6.07) is 10.1. The number of oxime groups is 1. The lowest BCUT2D eigenvalue weighted by Gasteiger charge is -2.09. The standard InChI is InChI=1S/C13H13BrN2O/c1-9-7-11(8-15-17)10(2)16(9)13-5-3-12(14)4-6-13/h3-8,17H,1-2H3/b15-8+. The molecule has 0 fully saturated rings. The molecule has 1 aromatic heterocycles. The van der Waals surface area contributed by atoms with Gasteiger partial charge < -0.3 is 9.77 Å². The molecule has 3 nitrogen and oxygen atoms in total. The lowest BCUT2D eigenvalue weighted by atomic mass is 10.2. The van der Waals surface area contributed by atoms with Gasteiger partial charge in [-0.05, 0) is 44.2 Å². The second kappa shape index (κ2) is 4.75. The molecule has 0 amide bonds. The van der Waals surface area contributed by atoms with Crippen LogP contribution in [-0.2, 0) is 0 Å². The van der Waals surface area contributed by atoms with Gasteiger partial charge in [0.05, 0.1) is 6.21 Å². The molecule has 0 atom stereocenters. The van der Waals surface area contributed by atoms with Crippen molar-refractivity contribution in [3.05, 3.63) is 51.8 Å². The maximum absolute atomic E-state index is 8.61. The van der Waals surface area contributed by atoms with Crippen LogP contribution in [0.3, 0.4) is 0 Å². The van der Waals surface area contributed by atoms with Crippen molar-refractivity contribution in [2.75, 3.05) is 0 Å². The number of hydrogen-bond donors (Lipinski definition) is 1. The smallest absolute Gasteiger partial charge is 0.0752 e. The summed E-state index contributed by atoms with van der Waals surface area (Å²) in [7, 11) is 0. The highest BCUT2D eigenvalue weighted by molar-refractivity contribution is 9.10. The molecule has 2 aromatic rings. The third-order valence-corrected chi connectivity index (χ3v) is 3.28. The van der Waals surface area contributed by atoms with Gasteiger partial charge in [-0.1, -0.05) is 21.1 Å². The summed E-state index contributed by atoms with van der Waals surface area (Å²) < 4.78 is 3.18. The Morgan fingerprint density at radius 1 is 1.24 bits per heavy atom. The molecule has 0 aliphatic carbocycles. The Labute approximate surface area is 109 Å². The lowest BCUT2D eigenvalue weighted by molar-refractivity contribution is 0.322. The first-order valence-electron chi connectivity index (χ1n) is 5.26. The molecule has 0 saturated heterocycles. The van der Waals surface area contributed by atoms with E-state index in [9.17, 15) is 0 Å². The summed E-state index contributed by atoms with van der Waals surface area (Å²) in [6.07, 6.45) is 1.46. The molecule has 17 heavy (non-hydrogen) atoms. The third kappa shape index (κ3) is 2.26. The Morgan fingerprint density at radius 3 is 2.47 bits per heavy atom. The zero-order valence-electron chi connectivity index (χ0n) is 9.68. The lowest BCUT2D eigenvalue weighted by Crippen LogP contribution is -1.99. The molecule has 0 saturated carbocycles. The predicted octanol–water partition coefficient (Wildman–Crippen LogP) is 3.66. The molecule has 2 rings (SSSR count). The summed E-state index contributed by atoms with van der Waals surface area (Å²) in [5.41, 5.74) is 4.19. The van der Waals surface area contributed by atoms with Crippen LogP contribution in [0.2, 0.25) is 0 Å². The molecule has 0 spiro atoms. The first-order valence-corrected chi connectivity index (χ1v) is 6.05. The van der Waals surface area contributed by atoms with E-state index in [1.807, 2.05) is 44.2 Å². The van der Waals surface area contributed by atoms with E-state index in [0.717, 1.165) is 27.1 Å². The highest BCUT2D eigenvalue weighted by Crippen LogP contribution is 2.21. The number of aromatic nitrogens is 1. The third-order valence-electron chi connectivity index (χ3n) is 2.75. The zero-order valence-corrected chi connectivity index (χ0v) is 11.3. The van der Waals surface area contributed by atoms with Crippen molar-refractivity contribution in [1.82, 2.24) is 4.57 Å². The van der Waals surface area contributed by atoms with E-state index in [-0.39, 0.29) is 0 Å². The van der Waals surface area contributed by atoms with Gasteiger partial charge in [0.25, 0.3) is 0 Å². The number of aryl methyl sites for hydroxylation is 1. The van der Waals surface area contributed by atoms with Crippen molar-refractivity contribution in [2.24, 2.45) is 5.16 Å². The molecular weight excluding hydrogens is 280 g/mol. The van der Waals surface area contributed by atoms with Gasteiger partial charge in [-0.25, -0.2) is 0 Å². The Morgan fingerprint density at radius 2 is 1.88 bits per heavy atom. The Kier molecular flexibility index (Phi) is 3.33. The van der Waals surface area contributed by atoms with Gasteiger partial charge >= 0.3 is 0 Å². The average molecular weight is 293 g/mol. The summed E-state index contributed by atoms with van der Waals surface area (Å²) >= 11 is 3.42. The fraction of sp³-hybridized carbons (Fsp3) is 0.154. The van der Waals surface area contributed by atoms with Gasteiger partial charge in [0.15, 0.2) is 0 Å². The van der Waals surface area contributed by atoms with E-state index in [1.54, 1.807) is 0 Å². The minimum atomic E-state index is 0.924. The average Bonchev–Trinajstić information content (AvgIpc) is 2.57. The normalized spacial score (nSPS) is 11.2. The van der Waals surface area contributed by atoms with Gasteiger partial charge in [-0.15, -0.1) is 0 Å². The largest absolute Gasteiger partial charge is 0.411 e. The summed E-state index contributed by atoms with van der Waals surface area (Å²) in [6.45, 7) is 4.04. The van der Waals surface area contributed by atoms with Crippen LogP contribution in [0.25, 0.3) is 5.69 Å². The Hall–Kier alpha value is -1.55. The fourth-order valence-electron chi connectivity index (χ4n) is 1.97. The quantitative estimate of drug-likeness (QED) is 0.512. The Balaban J connectivity index is 2.55. The van der Waals surface area contributed by atoms with E-state index in [4.69, 9.17) is 5.21 Å². The molecule has 1 N–H and O–H groups in total. The Bertz CT molecular complexity index is 556. The molecule has 0 bridgehead atoms. The summed E-state index contributed by atoms with van der Waals surface area (Å²) in [4.78, 5) is 0. The van der Waals surface area contributed by atoms with Crippen LogP contribution in [-0.4, -0.2) is 16.0 Å². The van der Waals surface area contributed by atoms with Gasteiger partial charge in [0, 0.05) is 27.1 Å². The van der Waals surface area contributed by atoms with Crippen LogP contribution in [0.1, 0.15) is 17.0 Å². The van der Waals surface area contributed by atoms with Gasteiger partial charge in [0.1, 0.15) is 0 Å². The van der Waals surface area contributed by atoms with Crippen LogP contribution in [0.15, 0.2) is 40.0 Å². The first kappa shape index (κ1) is 11.9. The number of nitrogens with zero attached hydrogens (tertiary/aromatic N) is 2. The second-order valence-electron chi connectivity index (χ2n) is 3.88. The summed E-state index contributed by atoms with van der Waals surface area (Å²) in [5.74, 6) is 0. The topological polar surface area (TPSA) is 37.5 Å². The number of hydrogen-bond acceptors (Lipinski definition) is 2. The van der Waals surface area contributed by atoms with Crippen molar-refractivity contribution >= 4 is 22.1 Å². The van der Waals surface area contributed by atoms with Gasteiger partial charge in [-0.2, -0.15) is 0 Å². The van der Waals surface area contributed by atoms with Crippen LogP contribution >= 0.6 is 15.9 Å². The minimum absolute atomic E-state index is 0.924.